The van der Waals surface area contributed by atoms with Crippen molar-refractivity contribution in [3.63, 3.8) is 0 Å². The number of benzene rings is 1. The van der Waals surface area contributed by atoms with Crippen LogP contribution in [0.15, 0.2) is 35.7 Å². The van der Waals surface area contributed by atoms with Gasteiger partial charge in [-0.1, -0.05) is 17.7 Å². The topological polar surface area (TPSA) is 128 Å². The van der Waals surface area contributed by atoms with Gasteiger partial charge in [-0.3, -0.25) is 24.5 Å². The summed E-state index contributed by atoms with van der Waals surface area (Å²) in [7, 11) is 0. The number of carbonyl (C=O) groups is 3. The van der Waals surface area contributed by atoms with Crippen molar-refractivity contribution in [2.45, 2.75) is 6.42 Å². The molecule has 0 aliphatic heterocycles. The highest BCUT2D eigenvalue weighted by Crippen LogP contribution is 2.27. The summed E-state index contributed by atoms with van der Waals surface area (Å²) in [5.74, 6) is -1.73. The fourth-order valence-electron chi connectivity index (χ4n) is 1.94. The van der Waals surface area contributed by atoms with Gasteiger partial charge in [0.15, 0.2) is 6.61 Å². The molecule has 0 bridgehead atoms. The van der Waals surface area contributed by atoms with Crippen molar-refractivity contribution in [3.8, 4) is 0 Å². The molecule has 27 heavy (non-hydrogen) atoms. The number of nitro benzene ring substituents is 1. The predicted molar refractivity (Wildman–Crippen MR) is 99.0 cm³/mol. The fourth-order valence-corrected chi connectivity index (χ4v) is 2.75. The van der Waals surface area contributed by atoms with Crippen LogP contribution in [0.3, 0.4) is 0 Å². The monoisotopic (exact) mass is 411 g/mol. The zero-order valence-electron chi connectivity index (χ0n) is 13.8. The zero-order valence-corrected chi connectivity index (χ0v) is 15.3. The van der Waals surface area contributed by atoms with Gasteiger partial charge in [0.25, 0.3) is 17.5 Å². The Balaban J connectivity index is 1.74. The second-order valence-corrected chi connectivity index (χ2v) is 6.49. The number of nitrogens with one attached hydrogen (secondary N) is 2. The Morgan fingerprint density at radius 1 is 1.26 bits per heavy atom. The van der Waals surface area contributed by atoms with Crippen molar-refractivity contribution in [2.75, 3.05) is 18.5 Å². The summed E-state index contributed by atoms with van der Waals surface area (Å²) < 4.78 is 4.78. The first-order valence-corrected chi connectivity index (χ1v) is 8.83. The molecule has 0 aliphatic rings. The number of thiophene rings is 1. The molecule has 0 saturated carbocycles. The maximum absolute atomic E-state index is 11.8. The van der Waals surface area contributed by atoms with Crippen molar-refractivity contribution in [2.24, 2.45) is 0 Å². The van der Waals surface area contributed by atoms with E-state index in [1.54, 1.807) is 17.5 Å². The lowest BCUT2D eigenvalue weighted by Gasteiger charge is -2.08. The van der Waals surface area contributed by atoms with E-state index in [9.17, 15) is 24.5 Å². The van der Waals surface area contributed by atoms with Crippen molar-refractivity contribution in [3.05, 3.63) is 55.7 Å². The van der Waals surface area contributed by atoms with E-state index in [-0.39, 0.29) is 35.3 Å². The van der Waals surface area contributed by atoms with E-state index in [0.717, 1.165) is 6.07 Å². The molecule has 1 heterocycles. The minimum absolute atomic E-state index is 0.0554. The number of ether oxygens (including phenoxy) is 1. The van der Waals surface area contributed by atoms with Crippen molar-refractivity contribution >= 4 is 52.1 Å². The normalized spacial score (nSPS) is 10.1. The molecule has 2 amide bonds. The van der Waals surface area contributed by atoms with E-state index >= 15 is 0 Å². The van der Waals surface area contributed by atoms with Crippen LogP contribution < -0.4 is 10.6 Å². The third kappa shape index (κ3) is 6.35. The molecule has 11 heteroatoms. The SMILES string of the molecule is O=C(COC(=O)CCNC(=O)c1cccs1)Nc1ccc(Cl)cc1[N+](=O)[O-]. The number of nitro groups is 1. The van der Waals surface area contributed by atoms with Gasteiger partial charge >= 0.3 is 5.97 Å². The van der Waals surface area contributed by atoms with Gasteiger partial charge in [-0.25, -0.2) is 0 Å². The lowest BCUT2D eigenvalue weighted by Crippen LogP contribution is -2.27. The van der Waals surface area contributed by atoms with Crippen molar-refractivity contribution < 1.29 is 24.0 Å². The smallest absolute Gasteiger partial charge is 0.308 e. The van der Waals surface area contributed by atoms with Crippen LogP contribution >= 0.6 is 22.9 Å². The van der Waals surface area contributed by atoms with Crippen LogP contribution in [0, 0.1) is 10.1 Å². The van der Waals surface area contributed by atoms with Crippen LogP contribution in [-0.2, 0) is 14.3 Å². The molecular formula is C16H14ClN3O6S. The molecule has 1 aromatic heterocycles. The first kappa shape index (κ1) is 20.3. The summed E-state index contributed by atoms with van der Waals surface area (Å²) >= 11 is 6.96. The quantitative estimate of drug-likeness (QED) is 0.390. The molecule has 142 valence electrons. The molecule has 0 aliphatic carbocycles. The highest BCUT2D eigenvalue weighted by atomic mass is 35.5. The Labute approximate surface area is 162 Å². The first-order valence-electron chi connectivity index (χ1n) is 7.58. The van der Waals surface area contributed by atoms with Gasteiger partial charge in [-0.15, -0.1) is 11.3 Å². The highest BCUT2D eigenvalue weighted by Gasteiger charge is 2.17. The number of esters is 1. The maximum atomic E-state index is 11.8. The number of hydrogen-bond donors (Lipinski definition) is 2. The van der Waals surface area contributed by atoms with Gasteiger partial charge in [0.2, 0.25) is 0 Å². The predicted octanol–water partition coefficient (Wildman–Crippen LogP) is 2.61. The molecule has 2 aromatic rings. The van der Waals surface area contributed by atoms with E-state index in [1.165, 1.54) is 23.5 Å². The molecule has 0 spiro atoms. The van der Waals surface area contributed by atoms with E-state index < -0.39 is 23.4 Å². The summed E-state index contributed by atoms with van der Waals surface area (Å²) in [5.41, 5.74) is -0.438. The number of anilines is 1. The standard InChI is InChI=1S/C16H14ClN3O6S/c17-10-3-4-11(12(8-10)20(24)25)19-14(21)9-26-15(22)5-6-18-16(23)13-2-1-7-27-13/h1-4,7-8H,5-6,9H2,(H,18,23)(H,19,21). The second kappa shape index (κ2) is 9.64. The fraction of sp³-hybridized carbons (Fsp3) is 0.188. The van der Waals surface area contributed by atoms with Crippen LogP contribution in [-0.4, -0.2) is 35.9 Å². The molecule has 0 fully saturated rings. The third-order valence-corrected chi connectivity index (χ3v) is 4.26. The van der Waals surface area contributed by atoms with Crippen LogP contribution in [0.1, 0.15) is 16.1 Å². The van der Waals surface area contributed by atoms with Gasteiger partial charge < -0.3 is 15.4 Å². The number of rotatable bonds is 8. The number of nitrogens with zero attached hydrogens (tertiary/aromatic N) is 1. The summed E-state index contributed by atoms with van der Waals surface area (Å²) in [6.07, 6.45) is -0.120. The minimum Gasteiger partial charge on any atom is -0.456 e. The number of carbonyl (C=O) groups excluding carboxylic acids is 3. The third-order valence-electron chi connectivity index (χ3n) is 3.15. The van der Waals surface area contributed by atoms with Gasteiger partial charge in [-0.2, -0.15) is 0 Å². The van der Waals surface area contributed by atoms with Crippen molar-refractivity contribution in [1.29, 1.82) is 0 Å². The van der Waals surface area contributed by atoms with Crippen LogP contribution in [0.2, 0.25) is 5.02 Å². The lowest BCUT2D eigenvalue weighted by atomic mass is 10.2. The molecular weight excluding hydrogens is 398 g/mol. The molecule has 0 atom stereocenters. The minimum atomic E-state index is -0.739. The van der Waals surface area contributed by atoms with E-state index in [0.29, 0.717) is 4.88 Å². The molecule has 2 N–H and O–H groups in total. The Hall–Kier alpha value is -2.98. The Kier molecular flexibility index (Phi) is 7.26. The summed E-state index contributed by atoms with van der Waals surface area (Å²) in [6.45, 7) is -0.558. The summed E-state index contributed by atoms with van der Waals surface area (Å²) in [6, 6.07) is 7.14. The van der Waals surface area contributed by atoms with Crippen LogP contribution in [0.4, 0.5) is 11.4 Å². The second-order valence-electron chi connectivity index (χ2n) is 5.11. The summed E-state index contributed by atoms with van der Waals surface area (Å²) in [4.78, 5) is 45.9. The largest absolute Gasteiger partial charge is 0.456 e. The average molecular weight is 412 g/mol. The molecule has 2 rings (SSSR count). The Bertz CT molecular complexity index is 856. The first-order chi connectivity index (χ1) is 12.9. The average Bonchev–Trinajstić information content (AvgIpc) is 3.16. The van der Waals surface area contributed by atoms with Crippen LogP contribution in [0.5, 0.6) is 0 Å². The molecule has 0 saturated heterocycles. The Morgan fingerprint density at radius 3 is 2.70 bits per heavy atom. The van der Waals surface area contributed by atoms with E-state index in [4.69, 9.17) is 16.3 Å². The molecule has 0 unspecified atom stereocenters. The molecule has 9 nitrogen and oxygen atoms in total. The van der Waals surface area contributed by atoms with Crippen molar-refractivity contribution in [1.82, 2.24) is 5.32 Å². The lowest BCUT2D eigenvalue weighted by molar-refractivity contribution is -0.383. The van der Waals surface area contributed by atoms with Gasteiger partial charge in [0.1, 0.15) is 5.69 Å². The number of amides is 2. The van der Waals surface area contributed by atoms with Gasteiger partial charge in [0.05, 0.1) is 16.2 Å². The van der Waals surface area contributed by atoms with E-state index in [2.05, 4.69) is 10.6 Å². The highest BCUT2D eigenvalue weighted by molar-refractivity contribution is 7.12. The zero-order chi connectivity index (χ0) is 19.8. The number of halogens is 1. The van der Waals surface area contributed by atoms with E-state index in [1.807, 2.05) is 0 Å². The van der Waals surface area contributed by atoms with Crippen LogP contribution in [0.25, 0.3) is 0 Å². The Morgan fingerprint density at radius 2 is 2.04 bits per heavy atom. The number of hydrogen-bond acceptors (Lipinski definition) is 7. The van der Waals surface area contributed by atoms with Gasteiger partial charge in [-0.05, 0) is 23.6 Å². The maximum Gasteiger partial charge on any atom is 0.308 e. The summed E-state index contributed by atoms with van der Waals surface area (Å²) in [5, 5.41) is 17.7. The molecule has 1 aromatic carbocycles. The molecule has 0 radical (unpaired) electrons. The van der Waals surface area contributed by atoms with Gasteiger partial charge in [0, 0.05) is 17.6 Å².